The Balaban J connectivity index is 1.84. The number of hydrogen-bond donors (Lipinski definition) is 0. The van der Waals surface area contributed by atoms with Gasteiger partial charge in [-0.05, 0) is 42.8 Å². The van der Waals surface area contributed by atoms with Crippen molar-refractivity contribution < 1.29 is 14.3 Å². The minimum absolute atomic E-state index is 0.156. The van der Waals surface area contributed by atoms with Crippen LogP contribution in [0.2, 0.25) is 0 Å². The van der Waals surface area contributed by atoms with Crippen molar-refractivity contribution in [2.24, 2.45) is 0 Å². The summed E-state index contributed by atoms with van der Waals surface area (Å²) in [5.74, 6) is 1.17. The maximum atomic E-state index is 12.4. The lowest BCUT2D eigenvalue weighted by Gasteiger charge is -2.09. The largest absolute Gasteiger partial charge is 0.493 e. The highest BCUT2D eigenvalue weighted by Crippen LogP contribution is 2.28. The fraction of sp³-hybridized carbons (Fsp3) is 0.158. The topological polar surface area (TPSA) is 53.4 Å². The molecule has 0 saturated carbocycles. The first kappa shape index (κ1) is 15.8. The molecule has 0 radical (unpaired) electrons. The number of hydrogen-bond acceptors (Lipinski definition) is 4. The first-order valence-corrected chi connectivity index (χ1v) is 7.68. The number of fused-ring (bicyclic) bond motifs is 1. The standard InChI is InChI=1S/C19H18N2O3/c1-3-24-17-10-8-14(12-18(17)23-2)9-11-19(22)21-13-20-15-6-4-5-7-16(15)21/h4-13H,3H2,1-2H3/b11-9+. The van der Waals surface area contributed by atoms with Crippen LogP contribution in [0.3, 0.4) is 0 Å². The Morgan fingerprint density at radius 2 is 2.04 bits per heavy atom. The summed E-state index contributed by atoms with van der Waals surface area (Å²) in [4.78, 5) is 16.6. The number of carbonyl (C=O) groups excluding carboxylic acids is 1. The molecule has 0 aliphatic heterocycles. The molecule has 0 saturated heterocycles. The summed E-state index contributed by atoms with van der Waals surface area (Å²) in [6.45, 7) is 2.49. The van der Waals surface area contributed by atoms with Gasteiger partial charge in [-0.2, -0.15) is 0 Å². The van der Waals surface area contributed by atoms with Crippen molar-refractivity contribution in [3.8, 4) is 11.5 Å². The van der Waals surface area contributed by atoms with Crippen molar-refractivity contribution in [2.75, 3.05) is 13.7 Å². The Labute approximate surface area is 140 Å². The van der Waals surface area contributed by atoms with Gasteiger partial charge in [0.2, 0.25) is 0 Å². The molecule has 0 bridgehead atoms. The number of methoxy groups -OCH3 is 1. The highest BCUT2D eigenvalue weighted by atomic mass is 16.5. The average molecular weight is 322 g/mol. The smallest absolute Gasteiger partial charge is 0.256 e. The van der Waals surface area contributed by atoms with E-state index < -0.39 is 0 Å². The second-order valence-electron chi connectivity index (χ2n) is 5.12. The molecule has 0 unspecified atom stereocenters. The molecule has 0 aliphatic rings. The molecule has 2 aromatic carbocycles. The third-order valence-electron chi connectivity index (χ3n) is 3.60. The Morgan fingerprint density at radius 1 is 1.21 bits per heavy atom. The molecule has 5 heteroatoms. The van der Waals surface area contributed by atoms with Crippen molar-refractivity contribution in [1.82, 2.24) is 9.55 Å². The van der Waals surface area contributed by atoms with Gasteiger partial charge in [0, 0.05) is 6.08 Å². The van der Waals surface area contributed by atoms with Crippen molar-refractivity contribution >= 4 is 23.0 Å². The summed E-state index contributed by atoms with van der Waals surface area (Å²) in [5, 5.41) is 0. The van der Waals surface area contributed by atoms with Crippen LogP contribution in [0.25, 0.3) is 17.1 Å². The predicted octanol–water partition coefficient (Wildman–Crippen LogP) is 3.80. The maximum absolute atomic E-state index is 12.4. The van der Waals surface area contributed by atoms with Gasteiger partial charge in [0.15, 0.2) is 11.5 Å². The lowest BCUT2D eigenvalue weighted by atomic mass is 10.2. The summed E-state index contributed by atoms with van der Waals surface area (Å²) in [7, 11) is 1.59. The number of para-hydroxylation sites is 2. The van der Waals surface area contributed by atoms with Crippen LogP contribution in [0.5, 0.6) is 11.5 Å². The molecule has 0 aliphatic carbocycles. The number of imidazole rings is 1. The van der Waals surface area contributed by atoms with Gasteiger partial charge in [-0.3, -0.25) is 9.36 Å². The Hall–Kier alpha value is -3.08. The van der Waals surface area contributed by atoms with Crippen LogP contribution in [0.4, 0.5) is 0 Å². The fourth-order valence-corrected chi connectivity index (χ4v) is 2.45. The second kappa shape index (κ2) is 7.00. The van der Waals surface area contributed by atoms with Gasteiger partial charge in [-0.25, -0.2) is 4.98 Å². The lowest BCUT2D eigenvalue weighted by molar-refractivity contribution is 0.0974. The Morgan fingerprint density at radius 3 is 2.83 bits per heavy atom. The van der Waals surface area contributed by atoms with Crippen LogP contribution < -0.4 is 9.47 Å². The Bertz CT molecular complexity index is 897. The molecule has 3 rings (SSSR count). The van der Waals surface area contributed by atoms with Crippen molar-refractivity contribution in [1.29, 1.82) is 0 Å². The third kappa shape index (κ3) is 3.15. The summed E-state index contributed by atoms with van der Waals surface area (Å²) in [6.07, 6.45) is 4.80. The van der Waals surface area contributed by atoms with Gasteiger partial charge >= 0.3 is 0 Å². The van der Waals surface area contributed by atoms with Crippen LogP contribution in [0, 0.1) is 0 Å². The molecule has 1 aromatic heterocycles. The number of ether oxygens (including phenoxy) is 2. The van der Waals surface area contributed by atoms with Crippen molar-refractivity contribution in [3.05, 3.63) is 60.4 Å². The number of allylic oxidation sites excluding steroid dienone is 1. The van der Waals surface area contributed by atoms with E-state index in [1.54, 1.807) is 13.2 Å². The zero-order valence-corrected chi connectivity index (χ0v) is 13.6. The molecular weight excluding hydrogens is 304 g/mol. The van der Waals surface area contributed by atoms with Crippen LogP contribution in [-0.4, -0.2) is 29.2 Å². The zero-order chi connectivity index (χ0) is 16.9. The normalized spacial score (nSPS) is 11.1. The SMILES string of the molecule is CCOc1ccc(/C=C/C(=O)n2cnc3ccccc32)cc1OC. The monoisotopic (exact) mass is 322 g/mol. The van der Waals surface area contributed by atoms with E-state index in [4.69, 9.17) is 9.47 Å². The summed E-state index contributed by atoms with van der Waals surface area (Å²) >= 11 is 0. The minimum atomic E-state index is -0.156. The predicted molar refractivity (Wildman–Crippen MR) is 93.6 cm³/mol. The van der Waals surface area contributed by atoms with Crippen molar-refractivity contribution in [2.45, 2.75) is 6.92 Å². The van der Waals surface area contributed by atoms with E-state index in [-0.39, 0.29) is 5.91 Å². The molecule has 24 heavy (non-hydrogen) atoms. The third-order valence-corrected chi connectivity index (χ3v) is 3.60. The maximum Gasteiger partial charge on any atom is 0.256 e. The number of nitrogens with zero attached hydrogens (tertiary/aromatic N) is 2. The number of carbonyl (C=O) groups is 1. The van der Waals surface area contributed by atoms with Crippen molar-refractivity contribution in [3.63, 3.8) is 0 Å². The van der Waals surface area contributed by atoms with Gasteiger partial charge in [-0.1, -0.05) is 18.2 Å². The van der Waals surface area contributed by atoms with Crippen LogP contribution in [-0.2, 0) is 0 Å². The first-order chi connectivity index (χ1) is 11.7. The van der Waals surface area contributed by atoms with Gasteiger partial charge in [0.05, 0.1) is 24.8 Å². The van der Waals surface area contributed by atoms with E-state index in [0.717, 1.165) is 16.6 Å². The Kier molecular flexibility index (Phi) is 4.61. The molecule has 0 atom stereocenters. The van der Waals surface area contributed by atoms with E-state index in [1.807, 2.05) is 49.4 Å². The summed E-state index contributed by atoms with van der Waals surface area (Å²) in [5.41, 5.74) is 2.44. The summed E-state index contributed by atoms with van der Waals surface area (Å²) < 4.78 is 12.3. The molecule has 122 valence electrons. The number of benzene rings is 2. The first-order valence-electron chi connectivity index (χ1n) is 7.68. The zero-order valence-electron chi connectivity index (χ0n) is 13.6. The summed E-state index contributed by atoms with van der Waals surface area (Å²) in [6, 6.07) is 13.1. The highest BCUT2D eigenvalue weighted by molar-refractivity contribution is 5.99. The van der Waals surface area contributed by atoms with E-state index >= 15 is 0 Å². The lowest BCUT2D eigenvalue weighted by Crippen LogP contribution is -2.05. The molecule has 0 fully saturated rings. The molecule has 5 nitrogen and oxygen atoms in total. The second-order valence-corrected chi connectivity index (χ2v) is 5.12. The van der Waals surface area contributed by atoms with Crippen LogP contribution in [0.15, 0.2) is 54.9 Å². The van der Waals surface area contributed by atoms with E-state index in [1.165, 1.54) is 17.0 Å². The molecule has 1 heterocycles. The minimum Gasteiger partial charge on any atom is -0.493 e. The molecule has 0 amide bonds. The average Bonchev–Trinajstić information content (AvgIpc) is 3.05. The van der Waals surface area contributed by atoms with E-state index in [2.05, 4.69) is 4.98 Å². The molecule has 0 N–H and O–H groups in total. The van der Waals surface area contributed by atoms with Crippen LogP contribution >= 0.6 is 0 Å². The fourth-order valence-electron chi connectivity index (χ4n) is 2.45. The van der Waals surface area contributed by atoms with Gasteiger partial charge in [0.1, 0.15) is 6.33 Å². The molecule has 0 spiro atoms. The number of rotatable bonds is 5. The molecule has 3 aromatic rings. The molecular formula is C19H18N2O3. The number of aromatic nitrogens is 2. The highest BCUT2D eigenvalue weighted by Gasteiger charge is 2.07. The van der Waals surface area contributed by atoms with E-state index in [0.29, 0.717) is 18.1 Å². The van der Waals surface area contributed by atoms with E-state index in [9.17, 15) is 4.79 Å². The quantitative estimate of drug-likeness (QED) is 0.671. The van der Waals surface area contributed by atoms with Gasteiger partial charge < -0.3 is 9.47 Å². The van der Waals surface area contributed by atoms with Crippen LogP contribution in [0.1, 0.15) is 17.3 Å². The van der Waals surface area contributed by atoms with Gasteiger partial charge in [0.25, 0.3) is 5.91 Å². The van der Waals surface area contributed by atoms with Gasteiger partial charge in [-0.15, -0.1) is 0 Å².